The van der Waals surface area contributed by atoms with Crippen LogP contribution in [-0.4, -0.2) is 221 Å². The summed E-state index contributed by atoms with van der Waals surface area (Å²) in [6.07, 6.45) is 2.35. The van der Waals surface area contributed by atoms with Crippen LogP contribution in [0.5, 0.6) is 0 Å². The number of piperazine rings is 2. The van der Waals surface area contributed by atoms with Crippen LogP contribution in [0.1, 0.15) is 107 Å². The van der Waals surface area contributed by atoms with Crippen molar-refractivity contribution in [2.75, 3.05) is 127 Å². The number of sulfone groups is 1. The molecule has 0 unspecified atom stereocenters. The molecule has 6 aromatic rings. The number of carbonyl (C=O) groups excluding carboxylic acids is 6. The SMILES string of the molecule is Cc1ncsc1-c1ccc(CNC(=O)[C@@H]2C[C@@H](O)CN2C(=O)[C@@H](NC(=O)CCC(=O)NCCOCCOCCNC(=O)N2CCN(CC[C@H](CSc3ccccc3)Nc3ccc(SNC(=O)c4ccc(N5CCN(CC6=C(c7ccc(Cl)cc7)CCC(C)(C)C6)CC5)cc4)cc3S(=O)(=O)C(F)(F)F)CC2)C(C)(C)C)cc1. The van der Waals surface area contributed by atoms with Gasteiger partial charge in [0.05, 0.1) is 54.3 Å². The second-order valence-electron chi connectivity index (χ2n) is 30.2. The van der Waals surface area contributed by atoms with E-state index in [-0.39, 0.29) is 93.9 Å². The van der Waals surface area contributed by atoms with Crippen molar-refractivity contribution < 1.29 is 64.9 Å². The maximum atomic E-state index is 14.5. The Morgan fingerprint density at radius 1 is 0.766 bits per heavy atom. The third kappa shape index (κ3) is 24.9. The molecule has 7 N–H and O–H groups in total. The van der Waals surface area contributed by atoms with Crippen molar-refractivity contribution in [3.63, 3.8) is 0 Å². The third-order valence-electron chi connectivity index (χ3n) is 20.2. The first-order valence-corrected chi connectivity index (χ1v) is 42.1. The van der Waals surface area contributed by atoms with Gasteiger partial charge in [0, 0.05) is 149 Å². The van der Waals surface area contributed by atoms with Crippen LogP contribution in [0.4, 0.5) is 29.3 Å². The van der Waals surface area contributed by atoms with E-state index in [1.165, 1.54) is 45.5 Å². The minimum absolute atomic E-state index is 0.0422. The predicted octanol–water partition coefficient (Wildman–Crippen LogP) is 11.3. The number of aliphatic hydroxyl groups is 1. The number of thioether (sulfide) groups is 1. The van der Waals surface area contributed by atoms with Crippen LogP contribution in [0.2, 0.25) is 5.02 Å². The number of likely N-dealkylation sites (tertiary alicyclic amines) is 1. The van der Waals surface area contributed by atoms with Gasteiger partial charge in [0.1, 0.15) is 17.0 Å². The largest absolute Gasteiger partial charge is 0.501 e. The lowest BCUT2D eigenvalue weighted by molar-refractivity contribution is -0.144. The van der Waals surface area contributed by atoms with Gasteiger partial charge in [-0.1, -0.05) is 106 Å². The first-order chi connectivity index (χ1) is 53.0. The van der Waals surface area contributed by atoms with Gasteiger partial charge in [-0.3, -0.25) is 38.5 Å². The number of thiazole rings is 1. The number of rotatable bonds is 34. The number of aromatic nitrogens is 1. The summed E-state index contributed by atoms with van der Waals surface area (Å²) < 4.78 is 84.2. The zero-order valence-electron chi connectivity index (χ0n) is 63.7. The van der Waals surface area contributed by atoms with Crippen LogP contribution in [0.3, 0.4) is 0 Å². The highest BCUT2D eigenvalue weighted by atomic mass is 35.5. The number of hydrogen-bond acceptors (Lipinski definition) is 19. The number of anilines is 2. The maximum absolute atomic E-state index is 14.5. The Bertz CT molecular complexity index is 4280. The number of β-amino-alcohol motifs (C(OH)–C–C–N with tert-alkyl or cyclic N) is 1. The molecule has 0 radical (unpaired) electrons. The molecule has 4 aliphatic rings. The van der Waals surface area contributed by atoms with E-state index in [0.717, 1.165) is 107 Å². The van der Waals surface area contributed by atoms with Gasteiger partial charge in [0.25, 0.3) is 15.7 Å². The number of carbonyl (C=O) groups is 6. The Hall–Kier alpha value is -7.78. The number of alkyl halides is 3. The van der Waals surface area contributed by atoms with Gasteiger partial charge in [-0.15, -0.1) is 23.1 Å². The second kappa shape index (κ2) is 39.8. The molecule has 1 aliphatic carbocycles. The van der Waals surface area contributed by atoms with E-state index in [9.17, 15) is 55.5 Å². The molecule has 111 heavy (non-hydrogen) atoms. The van der Waals surface area contributed by atoms with Gasteiger partial charge in [-0.25, -0.2) is 18.2 Å². The Kier molecular flexibility index (Phi) is 30.7. The first-order valence-electron chi connectivity index (χ1n) is 37.6. The Balaban J connectivity index is 0.607. The minimum atomic E-state index is -5.88. The molecular formula is C80H102ClF3N12O11S4. The van der Waals surface area contributed by atoms with Crippen molar-refractivity contribution in [1.82, 2.24) is 50.6 Å². The number of amides is 7. The topological polar surface area (TPSA) is 277 Å². The van der Waals surface area contributed by atoms with E-state index in [1.54, 1.807) is 54.7 Å². The molecule has 10 rings (SSSR count). The van der Waals surface area contributed by atoms with Crippen molar-refractivity contribution in [2.45, 2.75) is 137 Å². The van der Waals surface area contributed by atoms with Crippen molar-refractivity contribution in [3.8, 4) is 10.4 Å². The highest BCUT2D eigenvalue weighted by Gasteiger charge is 2.49. The summed E-state index contributed by atoms with van der Waals surface area (Å²) in [5, 5.41) is 25.8. The fourth-order valence-electron chi connectivity index (χ4n) is 13.9. The van der Waals surface area contributed by atoms with Gasteiger partial charge in [0.15, 0.2) is 0 Å². The van der Waals surface area contributed by atoms with Crippen molar-refractivity contribution in [2.24, 2.45) is 10.8 Å². The lowest BCUT2D eigenvalue weighted by atomic mass is 9.73. The molecule has 4 heterocycles. The highest BCUT2D eigenvalue weighted by Crippen LogP contribution is 2.44. The van der Waals surface area contributed by atoms with Gasteiger partial charge in [-0.05, 0) is 144 Å². The number of hydrogen-bond donors (Lipinski definition) is 7. The highest BCUT2D eigenvalue weighted by molar-refractivity contribution is 7.99. The molecule has 0 saturated carbocycles. The van der Waals surface area contributed by atoms with Crippen molar-refractivity contribution >= 4 is 109 Å². The maximum Gasteiger partial charge on any atom is 0.501 e. The average Bonchev–Trinajstić information content (AvgIpc) is 1.26. The van der Waals surface area contributed by atoms with Crippen LogP contribution in [0.25, 0.3) is 16.0 Å². The van der Waals surface area contributed by atoms with Crippen LogP contribution in [0, 0.1) is 17.8 Å². The standard InChI is InChI=1S/C80H102ClF3N12O11S4/c1-54-72(109-53-88-54)57-14-12-55(13-15-57)49-87-75(101)68-46-63(97)51-96(68)76(102)73(78(2,3)4)90-71(99)27-26-70(98)85-31-42-106-44-45-107-43-32-86-77(103)95-40-34-92(35-41-95)33-29-61(52-108-64-10-8-7-9-11-64)89-67-25-24-65(47-69(67)111(104,105)80(82,83)84)110-91-74(100)58-18-22-62(23-19-58)94-38-36-93(37-39-94)50-59-48-79(5,6)30-28-66(59)56-16-20-60(81)21-17-56/h7-25,47,53,61,63,68,73,89,97H,26-46,48-52H2,1-6H3,(H,85,98)(H,86,103)(H,87,101)(H,90,99)(H,91,100)/t61-,63-,68+,73-/m1/s1. The number of nitrogens with one attached hydrogen (secondary N) is 6. The number of aliphatic hydroxyl groups excluding tert-OH is 1. The van der Waals surface area contributed by atoms with Crippen LogP contribution in [-0.2, 0) is 45.0 Å². The Labute approximate surface area is 666 Å². The summed E-state index contributed by atoms with van der Waals surface area (Å²) in [5.41, 5.74) is 3.59. The van der Waals surface area contributed by atoms with E-state index >= 15 is 0 Å². The van der Waals surface area contributed by atoms with E-state index in [1.807, 2.05) is 85.8 Å². The molecule has 3 saturated heterocycles. The number of benzene rings is 5. The molecule has 0 bridgehead atoms. The van der Waals surface area contributed by atoms with Crippen molar-refractivity contribution in [3.05, 3.63) is 160 Å². The summed E-state index contributed by atoms with van der Waals surface area (Å²) in [6.45, 7) is 19.8. The summed E-state index contributed by atoms with van der Waals surface area (Å²) in [4.78, 5) is 95.6. The predicted molar refractivity (Wildman–Crippen MR) is 430 cm³/mol. The molecule has 1 aromatic heterocycles. The van der Waals surface area contributed by atoms with E-state index in [0.29, 0.717) is 50.5 Å². The monoisotopic (exact) mass is 1630 g/mol. The molecule has 4 atom stereocenters. The van der Waals surface area contributed by atoms with E-state index < -0.39 is 79.4 Å². The van der Waals surface area contributed by atoms with E-state index in [4.69, 9.17) is 21.1 Å². The van der Waals surface area contributed by atoms with Gasteiger partial charge in [-0.2, -0.15) is 13.2 Å². The fraction of sp³-hybridized carbons (Fsp3) is 0.487. The zero-order chi connectivity index (χ0) is 79.5. The average molecular weight is 1630 g/mol. The lowest BCUT2D eigenvalue weighted by Crippen LogP contribution is -2.57. The van der Waals surface area contributed by atoms with Crippen molar-refractivity contribution in [1.29, 1.82) is 0 Å². The third-order valence-corrected chi connectivity index (χ3v) is 24.9. The normalized spacial score (nSPS) is 17.8. The second-order valence-corrected chi connectivity index (χ2v) is 35.4. The van der Waals surface area contributed by atoms with Crippen LogP contribution < -0.4 is 36.2 Å². The number of halogens is 4. The molecule has 3 aliphatic heterocycles. The number of aryl methyl sites for hydroxylation is 1. The van der Waals surface area contributed by atoms with E-state index in [2.05, 4.69) is 77.0 Å². The molecular weight excluding hydrogens is 1530 g/mol. The first kappa shape index (κ1) is 85.6. The molecule has 7 amide bonds. The minimum Gasteiger partial charge on any atom is -0.391 e. The molecule has 5 aromatic carbocycles. The number of urea groups is 1. The number of ether oxygens (including phenoxy) is 2. The fourth-order valence-corrected chi connectivity index (χ4v) is 17.5. The molecule has 600 valence electrons. The summed E-state index contributed by atoms with van der Waals surface area (Å²) in [6, 6.07) is 33.4. The molecule has 23 nitrogen and oxygen atoms in total. The van der Waals surface area contributed by atoms with Gasteiger partial charge >= 0.3 is 11.5 Å². The molecule has 31 heteroatoms. The van der Waals surface area contributed by atoms with Crippen LogP contribution in [0.15, 0.2) is 147 Å². The van der Waals surface area contributed by atoms with Gasteiger partial charge < -0.3 is 55.9 Å². The Morgan fingerprint density at radius 3 is 2.08 bits per heavy atom. The summed E-state index contributed by atoms with van der Waals surface area (Å²) in [5.74, 6) is -1.99. The molecule has 0 spiro atoms. The quantitative estimate of drug-likeness (QED) is 0.0112. The summed E-state index contributed by atoms with van der Waals surface area (Å²) >= 11 is 9.98. The lowest BCUT2D eigenvalue weighted by Gasteiger charge is -2.39. The van der Waals surface area contributed by atoms with Gasteiger partial charge in [0.2, 0.25) is 23.6 Å². The van der Waals surface area contributed by atoms with Crippen LogP contribution >= 0.6 is 46.6 Å². The zero-order valence-corrected chi connectivity index (χ0v) is 67.7. The Morgan fingerprint density at radius 2 is 1.42 bits per heavy atom. The smallest absolute Gasteiger partial charge is 0.391 e. The number of nitrogens with zero attached hydrogens (tertiary/aromatic N) is 6. The summed E-state index contributed by atoms with van der Waals surface area (Å²) in [7, 11) is -5.88. The molecule has 3 fully saturated rings. The number of allylic oxidation sites excluding steroid dienone is 1.